The van der Waals surface area contributed by atoms with E-state index < -0.39 is 5.92 Å². The summed E-state index contributed by atoms with van der Waals surface area (Å²) in [5, 5.41) is 9.12. The second kappa shape index (κ2) is 16.2. The molecule has 7 heterocycles. The van der Waals surface area contributed by atoms with Crippen LogP contribution in [0.1, 0.15) is 64.3 Å². The summed E-state index contributed by atoms with van der Waals surface area (Å²) < 4.78 is 21.0. The molecule has 302 valence electrons. The Morgan fingerprint density at radius 1 is 0.914 bits per heavy atom. The highest BCUT2D eigenvalue weighted by atomic mass is 19.1. The van der Waals surface area contributed by atoms with E-state index in [1.807, 2.05) is 47.6 Å². The number of ether oxygens (including phenoxy) is 1. The zero-order valence-corrected chi connectivity index (χ0v) is 32.8. The topological polar surface area (TPSA) is 148 Å². The number of amides is 3. The number of benzene rings is 2. The molecule has 9 rings (SSSR count). The van der Waals surface area contributed by atoms with E-state index in [1.54, 1.807) is 6.07 Å². The van der Waals surface area contributed by atoms with Gasteiger partial charge in [0, 0.05) is 88.3 Å². The third-order valence-electron chi connectivity index (χ3n) is 12.3. The zero-order valence-electron chi connectivity index (χ0n) is 32.8. The van der Waals surface area contributed by atoms with Crippen molar-refractivity contribution in [1.29, 1.82) is 0 Å². The molecule has 5 aliphatic heterocycles. The molecular formula is C43H49FN10O4. The molecule has 0 saturated carbocycles. The number of carbonyl (C=O) groups is 3. The average Bonchev–Trinajstić information content (AvgIpc) is 3.24. The molecule has 14 nitrogen and oxygen atoms in total. The maximum atomic E-state index is 15.2. The quantitative estimate of drug-likeness (QED) is 0.214. The van der Waals surface area contributed by atoms with Gasteiger partial charge in [-0.1, -0.05) is 6.07 Å². The van der Waals surface area contributed by atoms with Crippen LogP contribution in [0.5, 0.6) is 5.88 Å². The predicted octanol–water partition coefficient (Wildman–Crippen LogP) is 4.62. The van der Waals surface area contributed by atoms with Crippen LogP contribution >= 0.6 is 0 Å². The van der Waals surface area contributed by atoms with Crippen LogP contribution in [0.2, 0.25) is 0 Å². The average molecular weight is 789 g/mol. The number of halogens is 1. The van der Waals surface area contributed by atoms with Crippen molar-refractivity contribution in [3.05, 3.63) is 88.6 Å². The van der Waals surface area contributed by atoms with Gasteiger partial charge in [0.1, 0.15) is 18.1 Å². The molecule has 58 heavy (non-hydrogen) atoms. The van der Waals surface area contributed by atoms with E-state index in [0.29, 0.717) is 54.1 Å². The Labute approximate surface area is 337 Å². The number of carbonyl (C=O) groups excluding carboxylic acids is 3. The number of nitrogens with one attached hydrogen (secondary N) is 3. The van der Waals surface area contributed by atoms with Gasteiger partial charge in [0.25, 0.3) is 5.91 Å². The molecule has 2 aromatic carbocycles. The highest BCUT2D eigenvalue weighted by Crippen LogP contribution is 2.36. The first kappa shape index (κ1) is 37.7. The lowest BCUT2D eigenvalue weighted by atomic mass is 9.90. The van der Waals surface area contributed by atoms with Crippen LogP contribution in [0.15, 0.2) is 54.9 Å². The number of rotatable bonds is 8. The SMILES string of the molecule is Cc1c(N2CCc3cnc(Nc4ccc(C(=O)N5CCC(CN6CCN(c7ccc(C8CCC(=O)NC8=O)cc7F)CC6)CC5)cc4)nc3C2)cnc2c1NCCO2. The normalized spacial score (nSPS) is 20.1. The van der Waals surface area contributed by atoms with Crippen molar-refractivity contribution < 1.29 is 23.5 Å². The summed E-state index contributed by atoms with van der Waals surface area (Å²) in [7, 11) is 0. The summed E-state index contributed by atoms with van der Waals surface area (Å²) in [6.45, 7) is 10.5. The van der Waals surface area contributed by atoms with Gasteiger partial charge >= 0.3 is 0 Å². The van der Waals surface area contributed by atoms with Crippen molar-refractivity contribution in [2.24, 2.45) is 5.92 Å². The molecule has 2 aromatic heterocycles. The summed E-state index contributed by atoms with van der Waals surface area (Å²) in [6, 6.07) is 12.6. The number of imide groups is 1. The van der Waals surface area contributed by atoms with E-state index in [1.165, 1.54) is 6.07 Å². The smallest absolute Gasteiger partial charge is 0.253 e. The van der Waals surface area contributed by atoms with Gasteiger partial charge in [0.05, 0.1) is 35.7 Å². The molecule has 0 radical (unpaired) electrons. The maximum Gasteiger partial charge on any atom is 0.253 e. The van der Waals surface area contributed by atoms with Crippen molar-refractivity contribution in [1.82, 2.24) is 30.1 Å². The number of anilines is 5. The van der Waals surface area contributed by atoms with Gasteiger partial charge < -0.3 is 30.1 Å². The van der Waals surface area contributed by atoms with Crippen molar-refractivity contribution in [2.75, 3.05) is 85.9 Å². The van der Waals surface area contributed by atoms with E-state index in [0.717, 1.165) is 112 Å². The van der Waals surface area contributed by atoms with E-state index >= 15 is 4.39 Å². The summed E-state index contributed by atoms with van der Waals surface area (Å²) >= 11 is 0. The standard InChI is InChI=1S/C43H49FN10O4/c1-27-37(24-46-41-39(27)45-13-21-58-41)54-16-12-31-23-47-43(49-35(31)26-54)48-32-5-2-29(3-6-32)42(57)53-14-10-28(11-15-53)25-51-17-19-52(20-18-51)36-8-4-30(22-34(36)44)33-7-9-38(55)50-40(33)56/h2-6,8,22-24,28,33,45H,7,9-21,25-26H2,1H3,(H,47,48,49)(H,50,55,56). The fourth-order valence-corrected chi connectivity index (χ4v) is 8.97. The maximum absolute atomic E-state index is 15.2. The lowest BCUT2D eigenvalue weighted by Gasteiger charge is -2.39. The van der Waals surface area contributed by atoms with Crippen LogP contribution in [0.3, 0.4) is 0 Å². The monoisotopic (exact) mass is 788 g/mol. The van der Waals surface area contributed by atoms with Gasteiger partial charge in [-0.25, -0.2) is 19.3 Å². The summed E-state index contributed by atoms with van der Waals surface area (Å²) in [5.74, 6) is 0.258. The van der Waals surface area contributed by atoms with Crippen LogP contribution < -0.4 is 30.5 Å². The molecule has 3 amide bonds. The van der Waals surface area contributed by atoms with Crippen LogP contribution in [-0.2, 0) is 22.6 Å². The number of piperazine rings is 1. The molecular weight excluding hydrogens is 740 g/mol. The Kier molecular flexibility index (Phi) is 10.5. The zero-order chi connectivity index (χ0) is 39.8. The Hall–Kier alpha value is -5.83. The van der Waals surface area contributed by atoms with Crippen molar-refractivity contribution in [3.8, 4) is 5.88 Å². The van der Waals surface area contributed by atoms with E-state index in [9.17, 15) is 14.4 Å². The number of likely N-dealkylation sites (tertiary alicyclic amines) is 1. The largest absolute Gasteiger partial charge is 0.474 e. The number of nitrogens with zero attached hydrogens (tertiary/aromatic N) is 7. The molecule has 0 bridgehead atoms. The Morgan fingerprint density at radius 2 is 1.72 bits per heavy atom. The van der Waals surface area contributed by atoms with Gasteiger partial charge in [-0.2, -0.15) is 0 Å². The van der Waals surface area contributed by atoms with Gasteiger partial charge in [0.15, 0.2) is 0 Å². The minimum absolute atomic E-state index is 0.0445. The molecule has 1 unspecified atom stereocenters. The first-order valence-electron chi connectivity index (χ1n) is 20.5. The third kappa shape index (κ3) is 7.87. The molecule has 0 aliphatic carbocycles. The highest BCUT2D eigenvalue weighted by molar-refractivity contribution is 6.01. The number of fused-ring (bicyclic) bond motifs is 2. The van der Waals surface area contributed by atoms with Crippen LogP contribution in [0.4, 0.5) is 33.1 Å². The first-order valence-corrected chi connectivity index (χ1v) is 20.5. The van der Waals surface area contributed by atoms with E-state index in [4.69, 9.17) is 9.72 Å². The number of piperidine rings is 2. The lowest BCUT2D eigenvalue weighted by Crippen LogP contribution is -2.49. The van der Waals surface area contributed by atoms with Gasteiger partial charge in [-0.3, -0.25) is 24.6 Å². The second-order valence-electron chi connectivity index (χ2n) is 16.0. The summed E-state index contributed by atoms with van der Waals surface area (Å²) in [4.78, 5) is 60.1. The van der Waals surface area contributed by atoms with Crippen LogP contribution in [0.25, 0.3) is 0 Å². The van der Waals surface area contributed by atoms with E-state index in [2.05, 4.69) is 47.5 Å². The second-order valence-corrected chi connectivity index (χ2v) is 16.0. The summed E-state index contributed by atoms with van der Waals surface area (Å²) in [6.07, 6.45) is 7.21. The van der Waals surface area contributed by atoms with Crippen molar-refractivity contribution in [2.45, 2.75) is 51.5 Å². The molecule has 3 fully saturated rings. The number of hydrogen-bond donors (Lipinski definition) is 3. The van der Waals surface area contributed by atoms with Crippen LogP contribution in [-0.4, -0.2) is 108 Å². The fraction of sp³-hybridized carbons (Fsp3) is 0.442. The minimum Gasteiger partial charge on any atom is -0.474 e. The first-order chi connectivity index (χ1) is 28.3. The number of aromatic nitrogens is 3. The predicted molar refractivity (Wildman–Crippen MR) is 218 cm³/mol. The number of pyridine rings is 1. The number of hydrogen-bond acceptors (Lipinski definition) is 12. The third-order valence-corrected chi connectivity index (χ3v) is 12.3. The lowest BCUT2D eigenvalue weighted by molar-refractivity contribution is -0.134. The molecule has 3 saturated heterocycles. The highest BCUT2D eigenvalue weighted by Gasteiger charge is 2.31. The molecule has 1 atom stereocenters. The molecule has 4 aromatic rings. The van der Waals surface area contributed by atoms with Gasteiger partial charge in [-0.15, -0.1) is 0 Å². The van der Waals surface area contributed by atoms with Gasteiger partial charge in [0.2, 0.25) is 23.6 Å². The van der Waals surface area contributed by atoms with Crippen molar-refractivity contribution >= 4 is 46.4 Å². The Bertz CT molecular complexity index is 2200. The molecule has 15 heteroatoms. The summed E-state index contributed by atoms with van der Waals surface area (Å²) in [5.41, 5.74) is 7.92. The minimum atomic E-state index is -0.498. The van der Waals surface area contributed by atoms with Gasteiger partial charge in [-0.05, 0) is 86.1 Å². The Balaban J connectivity index is 0.733. The van der Waals surface area contributed by atoms with Crippen LogP contribution in [0, 0.1) is 18.7 Å². The molecule has 5 aliphatic rings. The Morgan fingerprint density at radius 3 is 2.50 bits per heavy atom. The molecule has 3 N–H and O–H groups in total. The van der Waals surface area contributed by atoms with Crippen molar-refractivity contribution in [3.63, 3.8) is 0 Å². The van der Waals surface area contributed by atoms with E-state index in [-0.39, 0.29) is 30.0 Å². The molecule has 0 spiro atoms. The fourth-order valence-electron chi connectivity index (χ4n) is 8.97.